The minimum atomic E-state index is -0.567. The molecule has 22 heavy (non-hydrogen) atoms. The van der Waals surface area contributed by atoms with Crippen molar-refractivity contribution < 1.29 is 14.0 Å². The van der Waals surface area contributed by atoms with Crippen LogP contribution < -0.4 is 10.6 Å². The van der Waals surface area contributed by atoms with Gasteiger partial charge in [0.05, 0.1) is 6.26 Å². The van der Waals surface area contributed by atoms with Crippen LogP contribution in [0.3, 0.4) is 0 Å². The topological polar surface area (TPSA) is 71.3 Å². The molecule has 1 unspecified atom stereocenters. The minimum Gasteiger partial charge on any atom is -0.459 e. The Morgan fingerprint density at radius 3 is 2.45 bits per heavy atom. The standard InChI is InChI=1S/C17H28N2O3/c1-3-4-5-6-7-8-9-12-18-16(20)14(2)19-17(21)15-11-10-13-22-15/h10-11,13-14H,3-9,12H2,1-2H3,(H,18,20)(H,19,21). The van der Waals surface area contributed by atoms with Crippen LogP contribution in [0.15, 0.2) is 22.8 Å². The molecule has 1 atom stereocenters. The fourth-order valence-corrected chi connectivity index (χ4v) is 2.19. The van der Waals surface area contributed by atoms with Gasteiger partial charge in [-0.15, -0.1) is 0 Å². The zero-order valence-electron chi connectivity index (χ0n) is 13.7. The highest BCUT2D eigenvalue weighted by molar-refractivity contribution is 5.95. The number of amides is 2. The van der Waals surface area contributed by atoms with Gasteiger partial charge in [-0.1, -0.05) is 45.4 Å². The summed E-state index contributed by atoms with van der Waals surface area (Å²) in [5.74, 6) is -0.318. The normalized spacial score (nSPS) is 11.9. The lowest BCUT2D eigenvalue weighted by Gasteiger charge is -2.13. The van der Waals surface area contributed by atoms with E-state index < -0.39 is 6.04 Å². The average Bonchev–Trinajstić information content (AvgIpc) is 3.04. The molecule has 2 N–H and O–H groups in total. The van der Waals surface area contributed by atoms with Crippen molar-refractivity contribution in [3.63, 3.8) is 0 Å². The third kappa shape index (κ3) is 7.29. The highest BCUT2D eigenvalue weighted by Gasteiger charge is 2.17. The summed E-state index contributed by atoms with van der Waals surface area (Å²) < 4.78 is 4.99. The second-order valence-corrected chi connectivity index (χ2v) is 5.58. The van der Waals surface area contributed by atoms with Gasteiger partial charge in [0.1, 0.15) is 6.04 Å². The van der Waals surface area contributed by atoms with Gasteiger partial charge in [-0.05, 0) is 25.5 Å². The zero-order chi connectivity index (χ0) is 16.2. The first-order chi connectivity index (χ1) is 10.6. The predicted octanol–water partition coefficient (Wildman–Crippen LogP) is 3.26. The van der Waals surface area contributed by atoms with Crippen LogP contribution in [0.5, 0.6) is 0 Å². The largest absolute Gasteiger partial charge is 0.459 e. The van der Waals surface area contributed by atoms with Crippen LogP contribution in [0.4, 0.5) is 0 Å². The van der Waals surface area contributed by atoms with Gasteiger partial charge in [0.2, 0.25) is 5.91 Å². The number of hydrogen-bond donors (Lipinski definition) is 2. The molecule has 5 nitrogen and oxygen atoms in total. The van der Waals surface area contributed by atoms with E-state index in [0.29, 0.717) is 6.54 Å². The Balaban J connectivity index is 2.08. The second kappa shape index (κ2) is 10.9. The molecule has 0 saturated heterocycles. The van der Waals surface area contributed by atoms with E-state index in [1.807, 2.05) is 0 Å². The Labute approximate surface area is 132 Å². The van der Waals surface area contributed by atoms with Gasteiger partial charge >= 0.3 is 0 Å². The molecule has 5 heteroatoms. The molecule has 0 aliphatic carbocycles. The average molecular weight is 308 g/mol. The zero-order valence-corrected chi connectivity index (χ0v) is 13.7. The van der Waals surface area contributed by atoms with E-state index in [-0.39, 0.29) is 17.6 Å². The third-order valence-corrected chi connectivity index (χ3v) is 3.57. The first-order valence-corrected chi connectivity index (χ1v) is 8.27. The van der Waals surface area contributed by atoms with Gasteiger partial charge in [0, 0.05) is 6.54 Å². The van der Waals surface area contributed by atoms with E-state index >= 15 is 0 Å². The molecule has 124 valence electrons. The molecule has 1 heterocycles. The quantitative estimate of drug-likeness (QED) is 0.616. The van der Waals surface area contributed by atoms with E-state index in [1.165, 1.54) is 38.4 Å². The number of carbonyl (C=O) groups excluding carboxylic acids is 2. The van der Waals surface area contributed by atoms with Crippen LogP contribution in [-0.4, -0.2) is 24.4 Å². The van der Waals surface area contributed by atoms with Crippen molar-refractivity contribution in [3.8, 4) is 0 Å². The number of carbonyl (C=O) groups is 2. The number of furan rings is 1. The summed E-state index contributed by atoms with van der Waals surface area (Å²) in [6, 6.07) is 2.64. The summed E-state index contributed by atoms with van der Waals surface area (Å²) in [5.41, 5.74) is 0. The van der Waals surface area contributed by atoms with Crippen molar-refractivity contribution in [1.82, 2.24) is 10.6 Å². The monoisotopic (exact) mass is 308 g/mol. The smallest absolute Gasteiger partial charge is 0.287 e. The van der Waals surface area contributed by atoms with E-state index in [1.54, 1.807) is 19.1 Å². The summed E-state index contributed by atoms with van der Waals surface area (Å²) in [6.45, 7) is 4.54. The minimum absolute atomic E-state index is 0.161. The molecule has 0 saturated carbocycles. The van der Waals surface area contributed by atoms with Gasteiger partial charge in [-0.25, -0.2) is 0 Å². The van der Waals surface area contributed by atoms with Gasteiger partial charge in [0.25, 0.3) is 5.91 Å². The van der Waals surface area contributed by atoms with Crippen LogP contribution in [0.1, 0.15) is 69.3 Å². The summed E-state index contributed by atoms with van der Waals surface area (Å²) in [7, 11) is 0. The van der Waals surface area contributed by atoms with Gasteiger partial charge < -0.3 is 15.1 Å². The van der Waals surface area contributed by atoms with Crippen molar-refractivity contribution >= 4 is 11.8 Å². The lowest BCUT2D eigenvalue weighted by atomic mass is 10.1. The van der Waals surface area contributed by atoms with E-state index in [0.717, 1.165) is 12.8 Å². The lowest BCUT2D eigenvalue weighted by molar-refractivity contribution is -0.122. The van der Waals surface area contributed by atoms with Crippen LogP contribution in [0, 0.1) is 0 Å². The maximum Gasteiger partial charge on any atom is 0.287 e. The Hall–Kier alpha value is -1.78. The molecule has 0 bridgehead atoms. The predicted molar refractivity (Wildman–Crippen MR) is 86.6 cm³/mol. The van der Waals surface area contributed by atoms with Crippen LogP contribution >= 0.6 is 0 Å². The van der Waals surface area contributed by atoms with Gasteiger partial charge in [-0.2, -0.15) is 0 Å². The highest BCUT2D eigenvalue weighted by atomic mass is 16.3. The summed E-state index contributed by atoms with van der Waals surface area (Å²) in [4.78, 5) is 23.6. The number of nitrogens with one attached hydrogen (secondary N) is 2. The van der Waals surface area contributed by atoms with Crippen molar-refractivity contribution in [2.45, 2.75) is 64.8 Å². The second-order valence-electron chi connectivity index (χ2n) is 5.58. The molecule has 0 spiro atoms. The molecule has 0 fully saturated rings. The van der Waals surface area contributed by atoms with Crippen molar-refractivity contribution in [1.29, 1.82) is 0 Å². The maximum atomic E-state index is 11.9. The van der Waals surface area contributed by atoms with Crippen molar-refractivity contribution in [2.75, 3.05) is 6.54 Å². The lowest BCUT2D eigenvalue weighted by Crippen LogP contribution is -2.44. The molecule has 1 aromatic rings. The molecule has 1 aromatic heterocycles. The van der Waals surface area contributed by atoms with Crippen molar-refractivity contribution in [2.24, 2.45) is 0 Å². The highest BCUT2D eigenvalue weighted by Crippen LogP contribution is 2.06. The SMILES string of the molecule is CCCCCCCCCNC(=O)C(C)NC(=O)c1ccco1. The first kappa shape index (κ1) is 18.3. The maximum absolute atomic E-state index is 11.9. The summed E-state index contributed by atoms with van der Waals surface area (Å²) in [5, 5.41) is 5.46. The number of unbranched alkanes of at least 4 members (excludes halogenated alkanes) is 6. The third-order valence-electron chi connectivity index (χ3n) is 3.57. The fraction of sp³-hybridized carbons (Fsp3) is 0.647. The van der Waals surface area contributed by atoms with E-state index in [2.05, 4.69) is 17.6 Å². The van der Waals surface area contributed by atoms with Crippen LogP contribution in [0.25, 0.3) is 0 Å². The first-order valence-electron chi connectivity index (χ1n) is 8.27. The Bertz CT molecular complexity index is 429. The van der Waals surface area contributed by atoms with E-state index in [4.69, 9.17) is 4.42 Å². The molecular weight excluding hydrogens is 280 g/mol. The van der Waals surface area contributed by atoms with Gasteiger partial charge in [-0.3, -0.25) is 9.59 Å². The number of hydrogen-bond acceptors (Lipinski definition) is 3. The summed E-state index contributed by atoms with van der Waals surface area (Å²) in [6.07, 6.45) is 9.92. The molecule has 0 aromatic carbocycles. The number of rotatable bonds is 11. The van der Waals surface area contributed by atoms with Crippen molar-refractivity contribution in [3.05, 3.63) is 24.2 Å². The van der Waals surface area contributed by atoms with E-state index in [9.17, 15) is 9.59 Å². The van der Waals surface area contributed by atoms with Crippen LogP contribution in [-0.2, 0) is 4.79 Å². The Kier molecular flexibility index (Phi) is 9.03. The molecular formula is C17H28N2O3. The molecule has 0 aliphatic heterocycles. The molecule has 0 radical (unpaired) electrons. The Morgan fingerprint density at radius 1 is 1.14 bits per heavy atom. The molecule has 2 amide bonds. The Morgan fingerprint density at radius 2 is 1.82 bits per heavy atom. The van der Waals surface area contributed by atoms with Crippen LogP contribution in [0.2, 0.25) is 0 Å². The molecule has 0 aliphatic rings. The summed E-state index contributed by atoms with van der Waals surface area (Å²) >= 11 is 0. The molecule has 1 rings (SSSR count). The van der Waals surface area contributed by atoms with Gasteiger partial charge in [0.15, 0.2) is 5.76 Å². The fourth-order valence-electron chi connectivity index (χ4n) is 2.19.